The van der Waals surface area contributed by atoms with E-state index in [-0.39, 0.29) is 0 Å². The molecule has 0 aromatic heterocycles. The van der Waals surface area contributed by atoms with Crippen molar-refractivity contribution >= 4 is 27.5 Å². The molecule has 0 aliphatic heterocycles. The van der Waals surface area contributed by atoms with Gasteiger partial charge in [-0.1, -0.05) is 27.5 Å². The molecule has 0 fully saturated rings. The molecule has 0 atom stereocenters. The minimum atomic E-state index is 0.531. The molecule has 0 bridgehead atoms. The van der Waals surface area contributed by atoms with Gasteiger partial charge in [-0.25, -0.2) is 0 Å². The van der Waals surface area contributed by atoms with Crippen molar-refractivity contribution in [2.75, 3.05) is 14.2 Å². The van der Waals surface area contributed by atoms with Gasteiger partial charge in [0.2, 0.25) is 0 Å². The molecule has 0 heterocycles. The van der Waals surface area contributed by atoms with Crippen LogP contribution < -0.4 is 9.47 Å². The van der Waals surface area contributed by atoms with E-state index >= 15 is 0 Å². The lowest BCUT2D eigenvalue weighted by Gasteiger charge is -2.08. The van der Waals surface area contributed by atoms with E-state index in [0.717, 1.165) is 4.47 Å². The average molecular weight is 252 g/mol. The van der Waals surface area contributed by atoms with Gasteiger partial charge in [-0.05, 0) is 12.1 Å². The molecule has 0 aliphatic carbocycles. The topological polar surface area (TPSA) is 18.5 Å². The van der Waals surface area contributed by atoms with Crippen LogP contribution in [0.5, 0.6) is 11.5 Å². The van der Waals surface area contributed by atoms with Crippen LogP contribution in [-0.4, -0.2) is 14.2 Å². The molecule has 4 heteroatoms. The average Bonchev–Trinajstić information content (AvgIpc) is 2.03. The second-order valence-corrected chi connectivity index (χ2v) is 3.45. The summed E-state index contributed by atoms with van der Waals surface area (Å²) < 4.78 is 11.0. The van der Waals surface area contributed by atoms with Crippen LogP contribution in [0.3, 0.4) is 0 Å². The highest BCUT2D eigenvalue weighted by atomic mass is 79.9. The quantitative estimate of drug-likeness (QED) is 0.804. The molecule has 66 valence electrons. The summed E-state index contributed by atoms with van der Waals surface area (Å²) in [6, 6.07) is 3.55. The molecule has 1 rings (SSSR count). The fraction of sp³-hybridized carbons (Fsp3) is 0.250. The maximum absolute atomic E-state index is 5.88. The van der Waals surface area contributed by atoms with Crippen LogP contribution in [0.15, 0.2) is 16.6 Å². The molecule has 0 saturated carbocycles. The highest BCUT2D eigenvalue weighted by Gasteiger charge is 2.08. The predicted molar refractivity (Wildman–Crippen MR) is 52.3 cm³/mol. The second-order valence-electron chi connectivity index (χ2n) is 2.12. The maximum atomic E-state index is 5.88. The predicted octanol–water partition coefficient (Wildman–Crippen LogP) is 3.12. The van der Waals surface area contributed by atoms with Crippen molar-refractivity contribution < 1.29 is 9.47 Å². The van der Waals surface area contributed by atoms with Gasteiger partial charge in [0.15, 0.2) is 11.5 Å². The van der Waals surface area contributed by atoms with E-state index in [1.165, 1.54) is 0 Å². The fourth-order valence-corrected chi connectivity index (χ4v) is 1.74. The largest absolute Gasteiger partial charge is 0.493 e. The third-order valence-electron chi connectivity index (χ3n) is 1.40. The van der Waals surface area contributed by atoms with E-state index in [0.29, 0.717) is 16.5 Å². The van der Waals surface area contributed by atoms with Gasteiger partial charge < -0.3 is 9.47 Å². The first-order valence-electron chi connectivity index (χ1n) is 3.26. The summed E-state index contributed by atoms with van der Waals surface area (Å²) in [6.45, 7) is 0. The fourth-order valence-electron chi connectivity index (χ4n) is 0.886. The van der Waals surface area contributed by atoms with Crippen LogP contribution in [0.2, 0.25) is 5.02 Å². The Labute approximate surface area is 84.6 Å². The third-order valence-corrected chi connectivity index (χ3v) is 2.14. The van der Waals surface area contributed by atoms with Crippen LogP contribution in [0.1, 0.15) is 0 Å². The Morgan fingerprint density at radius 2 is 1.92 bits per heavy atom. The number of methoxy groups -OCH3 is 2. The number of rotatable bonds is 2. The Hall–Kier alpha value is -0.410. The third kappa shape index (κ3) is 1.84. The molecule has 0 unspecified atom stereocenters. The molecular weight excluding hydrogens is 243 g/mol. The maximum Gasteiger partial charge on any atom is 0.179 e. The number of hydrogen-bond acceptors (Lipinski definition) is 2. The zero-order chi connectivity index (χ0) is 9.14. The molecule has 1 aromatic rings. The lowest BCUT2D eigenvalue weighted by atomic mass is 10.3. The number of halogens is 2. The highest BCUT2D eigenvalue weighted by molar-refractivity contribution is 9.10. The van der Waals surface area contributed by atoms with Gasteiger partial charge in [-0.3, -0.25) is 0 Å². The van der Waals surface area contributed by atoms with E-state index in [4.69, 9.17) is 21.1 Å². The molecule has 0 saturated heterocycles. The van der Waals surface area contributed by atoms with Crippen molar-refractivity contribution in [2.45, 2.75) is 0 Å². The van der Waals surface area contributed by atoms with E-state index in [1.54, 1.807) is 26.4 Å². The van der Waals surface area contributed by atoms with Crippen LogP contribution >= 0.6 is 27.5 Å². The van der Waals surface area contributed by atoms with Crippen molar-refractivity contribution in [2.24, 2.45) is 0 Å². The summed E-state index contributed by atoms with van der Waals surface area (Å²) in [7, 11) is 3.12. The molecule has 2 nitrogen and oxygen atoms in total. The van der Waals surface area contributed by atoms with E-state index in [1.807, 2.05) is 0 Å². The van der Waals surface area contributed by atoms with Crippen molar-refractivity contribution in [3.63, 3.8) is 0 Å². The molecule has 0 aliphatic rings. The lowest BCUT2D eigenvalue weighted by molar-refractivity contribution is 0.355. The van der Waals surface area contributed by atoms with Gasteiger partial charge in [0.25, 0.3) is 0 Å². The van der Waals surface area contributed by atoms with Gasteiger partial charge in [-0.2, -0.15) is 0 Å². The van der Waals surface area contributed by atoms with Crippen molar-refractivity contribution in [1.82, 2.24) is 0 Å². The lowest BCUT2D eigenvalue weighted by Crippen LogP contribution is -1.90. The smallest absolute Gasteiger partial charge is 0.179 e. The summed E-state index contributed by atoms with van der Waals surface area (Å²) in [5.74, 6) is 1.18. The van der Waals surface area contributed by atoms with Crippen LogP contribution in [0.4, 0.5) is 0 Å². The Kier molecular flexibility index (Phi) is 3.23. The SMILES string of the molecule is COc1cc(Br)cc(Cl)c1OC. The molecule has 12 heavy (non-hydrogen) atoms. The zero-order valence-electron chi connectivity index (χ0n) is 6.73. The molecular formula is C8H8BrClO2. The van der Waals surface area contributed by atoms with E-state index < -0.39 is 0 Å². The van der Waals surface area contributed by atoms with Gasteiger partial charge in [0, 0.05) is 4.47 Å². The second kappa shape index (κ2) is 4.01. The standard InChI is InChI=1S/C8H8BrClO2/c1-11-7-4-5(9)3-6(10)8(7)12-2/h3-4H,1-2H3. The first-order valence-corrected chi connectivity index (χ1v) is 4.43. The molecule has 0 amide bonds. The summed E-state index contributed by atoms with van der Waals surface area (Å²) in [4.78, 5) is 0. The Morgan fingerprint density at radius 1 is 1.25 bits per heavy atom. The first-order chi connectivity index (χ1) is 5.69. The number of benzene rings is 1. The molecule has 0 radical (unpaired) electrons. The minimum Gasteiger partial charge on any atom is -0.493 e. The minimum absolute atomic E-state index is 0.531. The highest BCUT2D eigenvalue weighted by Crippen LogP contribution is 2.37. The molecule has 0 N–H and O–H groups in total. The van der Waals surface area contributed by atoms with Crippen molar-refractivity contribution in [3.8, 4) is 11.5 Å². The Bertz CT molecular complexity index is 289. The molecule has 0 spiro atoms. The molecule has 1 aromatic carbocycles. The van der Waals surface area contributed by atoms with Crippen LogP contribution in [-0.2, 0) is 0 Å². The number of hydrogen-bond donors (Lipinski definition) is 0. The van der Waals surface area contributed by atoms with E-state index in [9.17, 15) is 0 Å². The number of ether oxygens (including phenoxy) is 2. The van der Waals surface area contributed by atoms with Crippen molar-refractivity contribution in [1.29, 1.82) is 0 Å². The monoisotopic (exact) mass is 250 g/mol. The zero-order valence-corrected chi connectivity index (χ0v) is 9.07. The van der Waals surface area contributed by atoms with Crippen molar-refractivity contribution in [3.05, 3.63) is 21.6 Å². The Morgan fingerprint density at radius 3 is 2.42 bits per heavy atom. The van der Waals surface area contributed by atoms with Crippen LogP contribution in [0.25, 0.3) is 0 Å². The van der Waals surface area contributed by atoms with Gasteiger partial charge in [-0.15, -0.1) is 0 Å². The summed E-state index contributed by atoms with van der Waals surface area (Å²) in [5.41, 5.74) is 0. The Balaban J connectivity index is 3.24. The normalized spacial score (nSPS) is 9.67. The summed E-state index contributed by atoms with van der Waals surface area (Å²) in [6.07, 6.45) is 0. The van der Waals surface area contributed by atoms with Gasteiger partial charge in [0.1, 0.15) is 0 Å². The van der Waals surface area contributed by atoms with Gasteiger partial charge >= 0.3 is 0 Å². The summed E-state index contributed by atoms with van der Waals surface area (Å²) in [5, 5.41) is 0.531. The van der Waals surface area contributed by atoms with Gasteiger partial charge in [0.05, 0.1) is 19.2 Å². The first kappa shape index (κ1) is 9.68. The summed E-state index contributed by atoms with van der Waals surface area (Å²) >= 11 is 9.18. The van der Waals surface area contributed by atoms with Crippen LogP contribution in [0, 0.1) is 0 Å². The van der Waals surface area contributed by atoms with E-state index in [2.05, 4.69) is 15.9 Å².